The molecular formula is C23H32N4O3. The molecule has 162 valence electrons. The summed E-state index contributed by atoms with van der Waals surface area (Å²) in [5.41, 5.74) is 10.9. The first-order chi connectivity index (χ1) is 14.2. The van der Waals surface area contributed by atoms with Crippen molar-refractivity contribution in [2.75, 3.05) is 13.6 Å². The van der Waals surface area contributed by atoms with Gasteiger partial charge in [0.1, 0.15) is 5.60 Å². The van der Waals surface area contributed by atoms with Crippen molar-refractivity contribution < 1.29 is 14.3 Å². The third kappa shape index (κ3) is 5.32. The van der Waals surface area contributed by atoms with Crippen LogP contribution in [0.5, 0.6) is 0 Å². The molecule has 2 amide bonds. The maximum atomic E-state index is 12.6. The highest BCUT2D eigenvalue weighted by atomic mass is 16.6. The van der Waals surface area contributed by atoms with E-state index in [1.54, 1.807) is 12.1 Å². The second kappa shape index (κ2) is 9.07. The van der Waals surface area contributed by atoms with Crippen LogP contribution in [-0.4, -0.2) is 53.2 Å². The highest BCUT2D eigenvalue weighted by molar-refractivity contribution is 5.98. The molecule has 3 N–H and O–H groups in total. The van der Waals surface area contributed by atoms with Gasteiger partial charge < -0.3 is 15.4 Å². The number of fused-ring (bicyclic) bond motifs is 1. The molecule has 2 aliphatic rings. The van der Waals surface area contributed by atoms with E-state index in [4.69, 9.17) is 10.5 Å². The second-order valence-corrected chi connectivity index (χ2v) is 8.95. The molecule has 1 heterocycles. The molecule has 0 atom stereocenters. The number of unbranched alkanes of at least 4 members (excludes halogenated alkanes) is 1. The van der Waals surface area contributed by atoms with E-state index in [0.717, 1.165) is 36.0 Å². The maximum absolute atomic E-state index is 12.6. The van der Waals surface area contributed by atoms with Crippen molar-refractivity contribution in [3.05, 3.63) is 34.9 Å². The third-order valence-electron chi connectivity index (χ3n) is 5.33. The first kappa shape index (κ1) is 22.1. The van der Waals surface area contributed by atoms with Crippen LogP contribution in [0.1, 0.15) is 67.9 Å². The highest BCUT2D eigenvalue weighted by Gasteiger charge is 2.35. The first-order valence-corrected chi connectivity index (χ1v) is 10.5. The van der Waals surface area contributed by atoms with Crippen LogP contribution in [0.3, 0.4) is 0 Å². The summed E-state index contributed by atoms with van der Waals surface area (Å²) in [6, 6.07) is 6.02. The zero-order valence-corrected chi connectivity index (χ0v) is 18.3. The minimum absolute atomic E-state index is 0.00930. The van der Waals surface area contributed by atoms with Crippen LogP contribution in [0.15, 0.2) is 18.2 Å². The van der Waals surface area contributed by atoms with E-state index in [2.05, 4.69) is 17.3 Å². The molecule has 0 saturated heterocycles. The van der Waals surface area contributed by atoms with Crippen molar-refractivity contribution in [3.63, 3.8) is 0 Å². The molecule has 0 spiro atoms. The molecule has 0 unspecified atom stereocenters. The Morgan fingerprint density at radius 2 is 2.10 bits per heavy atom. The molecule has 1 aliphatic heterocycles. The zero-order chi connectivity index (χ0) is 21.9. The summed E-state index contributed by atoms with van der Waals surface area (Å²) < 4.78 is 5.56. The number of carbonyl (C=O) groups excluding carboxylic acids is 2. The Hall–Kier alpha value is -2.56. The number of nitrogens with zero attached hydrogens (tertiary/aromatic N) is 2. The first-order valence-electron chi connectivity index (χ1n) is 10.5. The maximum Gasteiger partial charge on any atom is 0.410 e. The van der Waals surface area contributed by atoms with E-state index >= 15 is 0 Å². The van der Waals surface area contributed by atoms with Crippen LogP contribution in [0.4, 0.5) is 4.79 Å². The topological polar surface area (TPSA) is 87.9 Å². The van der Waals surface area contributed by atoms with Gasteiger partial charge in [0.15, 0.2) is 0 Å². The van der Waals surface area contributed by atoms with Crippen molar-refractivity contribution in [3.8, 4) is 11.8 Å². The number of nitrogens with two attached hydrogens (primary N) is 1. The lowest BCUT2D eigenvalue weighted by atomic mass is 9.86. The summed E-state index contributed by atoms with van der Waals surface area (Å²) in [5.74, 6) is 6.35. The van der Waals surface area contributed by atoms with Gasteiger partial charge in [0.05, 0.1) is 6.54 Å². The molecule has 1 fully saturated rings. The summed E-state index contributed by atoms with van der Waals surface area (Å²) in [6.07, 6.45) is 2.82. The van der Waals surface area contributed by atoms with Gasteiger partial charge >= 0.3 is 6.09 Å². The summed E-state index contributed by atoms with van der Waals surface area (Å²) in [6.45, 7) is 6.79. The molecule has 30 heavy (non-hydrogen) atoms. The van der Waals surface area contributed by atoms with E-state index in [0.29, 0.717) is 19.5 Å². The smallest absolute Gasteiger partial charge is 0.410 e. The molecule has 1 aromatic rings. The Bertz CT molecular complexity index is 859. The molecule has 0 bridgehead atoms. The van der Waals surface area contributed by atoms with Crippen molar-refractivity contribution >= 4 is 12.0 Å². The number of hydrazine groups is 1. The van der Waals surface area contributed by atoms with E-state index in [-0.39, 0.29) is 24.1 Å². The lowest BCUT2D eigenvalue weighted by Crippen LogP contribution is -2.54. The minimum Gasteiger partial charge on any atom is -0.444 e. The van der Waals surface area contributed by atoms with Gasteiger partial charge in [0.2, 0.25) is 0 Å². The molecule has 1 saturated carbocycles. The molecule has 7 nitrogen and oxygen atoms in total. The Morgan fingerprint density at radius 3 is 2.73 bits per heavy atom. The van der Waals surface area contributed by atoms with Gasteiger partial charge in [-0.2, -0.15) is 0 Å². The summed E-state index contributed by atoms with van der Waals surface area (Å²) >= 11 is 0. The lowest BCUT2D eigenvalue weighted by molar-refractivity contribution is 0.00449. The molecular weight excluding hydrogens is 380 g/mol. The van der Waals surface area contributed by atoms with E-state index < -0.39 is 5.60 Å². The Labute approximate surface area is 178 Å². The normalized spacial score (nSPS) is 20.2. The van der Waals surface area contributed by atoms with Crippen LogP contribution in [0.2, 0.25) is 0 Å². The molecule has 0 aromatic heterocycles. The van der Waals surface area contributed by atoms with Crippen LogP contribution in [0, 0.1) is 11.8 Å². The molecule has 1 aliphatic carbocycles. The highest BCUT2D eigenvalue weighted by Crippen LogP contribution is 2.26. The third-order valence-corrected chi connectivity index (χ3v) is 5.33. The molecule has 1 aromatic carbocycles. The molecule has 0 radical (unpaired) electrons. The van der Waals surface area contributed by atoms with Gasteiger partial charge in [-0.15, -0.1) is 0 Å². The van der Waals surface area contributed by atoms with Gasteiger partial charge in [-0.25, -0.2) is 10.2 Å². The summed E-state index contributed by atoms with van der Waals surface area (Å²) in [5, 5.41) is 1.58. The number of rotatable bonds is 5. The Morgan fingerprint density at radius 1 is 1.37 bits per heavy atom. The zero-order valence-electron chi connectivity index (χ0n) is 18.3. The number of hydrogen-bond donors (Lipinski definition) is 2. The van der Waals surface area contributed by atoms with Crippen LogP contribution in [-0.2, 0) is 11.3 Å². The number of amides is 2. The fourth-order valence-electron chi connectivity index (χ4n) is 3.71. The van der Waals surface area contributed by atoms with Crippen molar-refractivity contribution in [1.29, 1.82) is 0 Å². The standard InChI is InChI=1S/C23H32N4O3/c1-23(2,3)30-22(29)26(19-13-18(24)14-19)11-7-5-6-8-16-9-10-20-17(12-16)15-27(25-4)21(20)28/h9-10,12,18-19,25H,5,7,11,13-15,24H2,1-4H3. The van der Waals surface area contributed by atoms with Crippen LogP contribution >= 0.6 is 0 Å². The van der Waals surface area contributed by atoms with Crippen molar-refractivity contribution in [2.24, 2.45) is 5.73 Å². The number of hydrogen-bond acceptors (Lipinski definition) is 5. The quantitative estimate of drug-likeness (QED) is 0.573. The average molecular weight is 413 g/mol. The predicted octanol–water partition coefficient (Wildman–Crippen LogP) is 2.64. The number of carbonyl (C=O) groups is 2. The van der Waals surface area contributed by atoms with Crippen molar-refractivity contribution in [2.45, 2.75) is 70.7 Å². The molecule has 3 rings (SSSR count). The summed E-state index contributed by atoms with van der Waals surface area (Å²) in [7, 11) is 1.74. The fraction of sp³-hybridized carbons (Fsp3) is 0.565. The van der Waals surface area contributed by atoms with Gasteiger partial charge in [-0.05, 0) is 63.8 Å². The minimum atomic E-state index is -0.515. The Kier molecular flexibility index (Phi) is 6.69. The summed E-state index contributed by atoms with van der Waals surface area (Å²) in [4.78, 5) is 26.5. The van der Waals surface area contributed by atoms with E-state index in [1.165, 1.54) is 0 Å². The van der Waals surface area contributed by atoms with E-state index in [1.807, 2.05) is 43.9 Å². The van der Waals surface area contributed by atoms with Crippen LogP contribution < -0.4 is 11.2 Å². The van der Waals surface area contributed by atoms with E-state index in [9.17, 15) is 9.59 Å². The number of nitrogens with one attached hydrogen (secondary N) is 1. The molecule has 7 heteroatoms. The SMILES string of the molecule is CNN1Cc2cc(C#CCCCN(C(=O)OC(C)(C)C)C3CC(N)C3)ccc2C1=O. The van der Waals surface area contributed by atoms with Crippen LogP contribution in [0.25, 0.3) is 0 Å². The largest absolute Gasteiger partial charge is 0.444 e. The second-order valence-electron chi connectivity index (χ2n) is 8.95. The Balaban J connectivity index is 1.54. The predicted molar refractivity (Wildman–Crippen MR) is 115 cm³/mol. The van der Waals surface area contributed by atoms with Gasteiger partial charge in [0.25, 0.3) is 5.91 Å². The number of benzene rings is 1. The average Bonchev–Trinajstić information content (AvgIpc) is 2.96. The fourth-order valence-corrected chi connectivity index (χ4v) is 3.71. The van der Waals surface area contributed by atoms with Gasteiger partial charge in [-0.1, -0.05) is 11.8 Å². The van der Waals surface area contributed by atoms with Crippen molar-refractivity contribution in [1.82, 2.24) is 15.3 Å². The number of ether oxygens (including phenoxy) is 1. The van der Waals surface area contributed by atoms with Gasteiger partial charge in [0, 0.05) is 43.2 Å². The van der Waals surface area contributed by atoms with Gasteiger partial charge in [-0.3, -0.25) is 9.80 Å². The lowest BCUT2D eigenvalue weighted by Gasteiger charge is -2.41. The monoisotopic (exact) mass is 412 g/mol.